The lowest BCUT2D eigenvalue weighted by molar-refractivity contribution is -0.107. The monoisotopic (exact) mass is 304 g/mol. The Morgan fingerprint density at radius 1 is 0.857 bits per heavy atom. The first kappa shape index (κ1) is 25.5. The third kappa shape index (κ3) is 38.2. The zero-order valence-corrected chi connectivity index (χ0v) is 14.9. The van der Waals surface area contributed by atoms with Gasteiger partial charge >= 0.3 is 0 Å². The SMILES string of the molecule is CCCC(C)CO.CCCCCC=O.CCCCCCO. The first-order valence-corrected chi connectivity index (χ1v) is 8.79. The Morgan fingerprint density at radius 3 is 1.76 bits per heavy atom. The van der Waals surface area contributed by atoms with Crippen molar-refractivity contribution >= 4 is 6.29 Å². The van der Waals surface area contributed by atoms with Gasteiger partial charge in [0, 0.05) is 19.6 Å². The van der Waals surface area contributed by atoms with E-state index in [0.29, 0.717) is 19.1 Å². The summed E-state index contributed by atoms with van der Waals surface area (Å²) >= 11 is 0. The number of hydrogen-bond donors (Lipinski definition) is 2. The maximum atomic E-state index is 9.68. The topological polar surface area (TPSA) is 57.5 Å². The molecular weight excluding hydrogens is 264 g/mol. The minimum atomic E-state index is 0.341. The molecule has 3 heteroatoms. The molecule has 0 spiro atoms. The molecular formula is C18H40O3. The van der Waals surface area contributed by atoms with Gasteiger partial charge in [0.15, 0.2) is 0 Å². The second-order valence-electron chi connectivity index (χ2n) is 5.52. The van der Waals surface area contributed by atoms with Crippen molar-refractivity contribution in [3.63, 3.8) is 0 Å². The summed E-state index contributed by atoms with van der Waals surface area (Å²) < 4.78 is 0. The summed E-state index contributed by atoms with van der Waals surface area (Å²) in [6.45, 7) is 9.19. The van der Waals surface area contributed by atoms with Gasteiger partial charge in [0.2, 0.25) is 0 Å². The molecule has 0 aromatic rings. The summed E-state index contributed by atoms with van der Waals surface area (Å²) in [7, 11) is 0. The van der Waals surface area contributed by atoms with Crippen molar-refractivity contribution in [1.82, 2.24) is 0 Å². The molecule has 0 rings (SSSR count). The molecule has 1 unspecified atom stereocenters. The van der Waals surface area contributed by atoms with Crippen LogP contribution in [0.5, 0.6) is 0 Å². The predicted octanol–water partition coefficient (Wildman–Crippen LogP) is 4.74. The predicted molar refractivity (Wildman–Crippen MR) is 92.6 cm³/mol. The van der Waals surface area contributed by atoms with Gasteiger partial charge < -0.3 is 15.0 Å². The van der Waals surface area contributed by atoms with Crippen molar-refractivity contribution in [2.24, 2.45) is 5.92 Å². The molecule has 0 aromatic heterocycles. The number of carbonyl (C=O) groups excluding carboxylic acids is 1. The average molecular weight is 305 g/mol. The lowest BCUT2D eigenvalue weighted by Gasteiger charge is -2.01. The quantitative estimate of drug-likeness (QED) is 0.428. The first-order valence-electron chi connectivity index (χ1n) is 8.79. The summed E-state index contributed by atoms with van der Waals surface area (Å²) in [5, 5.41) is 16.8. The lowest BCUT2D eigenvalue weighted by atomic mass is 10.1. The van der Waals surface area contributed by atoms with Crippen LogP contribution >= 0.6 is 0 Å². The fourth-order valence-corrected chi connectivity index (χ4v) is 1.60. The second-order valence-corrected chi connectivity index (χ2v) is 5.52. The second kappa shape index (κ2) is 27.9. The van der Waals surface area contributed by atoms with Crippen molar-refractivity contribution in [3.8, 4) is 0 Å². The van der Waals surface area contributed by atoms with Gasteiger partial charge in [-0.05, 0) is 25.2 Å². The van der Waals surface area contributed by atoms with Crippen LogP contribution in [0.1, 0.15) is 91.9 Å². The Hall–Kier alpha value is -0.410. The number of aliphatic hydroxyl groups is 2. The van der Waals surface area contributed by atoms with Crippen LogP contribution in [0, 0.1) is 5.92 Å². The van der Waals surface area contributed by atoms with Gasteiger partial charge in [-0.2, -0.15) is 0 Å². The third-order valence-corrected chi connectivity index (χ3v) is 3.03. The number of aldehydes is 1. The molecule has 0 heterocycles. The van der Waals surface area contributed by atoms with Gasteiger partial charge in [-0.15, -0.1) is 0 Å². The van der Waals surface area contributed by atoms with Crippen LogP contribution in [0.25, 0.3) is 0 Å². The molecule has 0 aliphatic carbocycles. The van der Waals surface area contributed by atoms with E-state index in [9.17, 15) is 4.79 Å². The Kier molecular flexibility index (Phi) is 33.9. The highest BCUT2D eigenvalue weighted by molar-refractivity contribution is 5.48. The van der Waals surface area contributed by atoms with Crippen molar-refractivity contribution in [2.45, 2.75) is 91.9 Å². The molecule has 3 nitrogen and oxygen atoms in total. The number of hydrogen-bond acceptors (Lipinski definition) is 3. The van der Waals surface area contributed by atoms with Gasteiger partial charge in [0.05, 0.1) is 0 Å². The van der Waals surface area contributed by atoms with Gasteiger partial charge in [0.25, 0.3) is 0 Å². The molecule has 21 heavy (non-hydrogen) atoms. The van der Waals surface area contributed by atoms with E-state index >= 15 is 0 Å². The fourth-order valence-electron chi connectivity index (χ4n) is 1.60. The molecule has 130 valence electrons. The standard InChI is InChI=1S/2C6H14O.C6H12O/c1-3-4-6(2)5-7;2*1-2-3-4-5-6-7/h6-7H,3-5H2,1-2H3;7H,2-6H2,1H3;6H,2-5H2,1H3. The van der Waals surface area contributed by atoms with E-state index in [1.165, 1.54) is 38.5 Å². The van der Waals surface area contributed by atoms with Gasteiger partial charge in [0.1, 0.15) is 6.29 Å². The molecule has 0 amide bonds. The molecule has 0 aliphatic rings. The minimum Gasteiger partial charge on any atom is -0.396 e. The largest absolute Gasteiger partial charge is 0.396 e. The molecule has 2 N–H and O–H groups in total. The van der Waals surface area contributed by atoms with E-state index in [2.05, 4.69) is 27.7 Å². The highest BCUT2D eigenvalue weighted by Crippen LogP contribution is 2.01. The van der Waals surface area contributed by atoms with Gasteiger partial charge in [-0.3, -0.25) is 0 Å². The van der Waals surface area contributed by atoms with E-state index in [0.717, 1.165) is 32.0 Å². The van der Waals surface area contributed by atoms with Crippen molar-refractivity contribution in [2.75, 3.05) is 13.2 Å². The summed E-state index contributed by atoms with van der Waals surface area (Å²) in [4.78, 5) is 9.68. The maximum absolute atomic E-state index is 9.68. The number of unbranched alkanes of at least 4 members (excludes halogenated alkanes) is 6. The highest BCUT2D eigenvalue weighted by Gasteiger charge is 1.94. The summed E-state index contributed by atoms with van der Waals surface area (Å²) in [6, 6.07) is 0. The number of rotatable bonds is 11. The van der Waals surface area contributed by atoms with E-state index in [1.54, 1.807) is 0 Å². The van der Waals surface area contributed by atoms with E-state index in [1.807, 2.05) is 0 Å². The zero-order chi connectivity index (χ0) is 16.8. The van der Waals surface area contributed by atoms with Crippen LogP contribution in [0.2, 0.25) is 0 Å². The number of aliphatic hydroxyl groups excluding tert-OH is 2. The van der Waals surface area contributed by atoms with E-state index in [-0.39, 0.29) is 0 Å². The third-order valence-electron chi connectivity index (χ3n) is 3.03. The smallest absolute Gasteiger partial charge is 0.119 e. The van der Waals surface area contributed by atoms with Crippen LogP contribution in [0.15, 0.2) is 0 Å². The molecule has 0 saturated heterocycles. The summed E-state index contributed by atoms with van der Waals surface area (Å²) in [5.74, 6) is 0.505. The highest BCUT2D eigenvalue weighted by atomic mass is 16.3. The molecule has 0 aromatic carbocycles. The average Bonchev–Trinajstić information content (AvgIpc) is 2.50. The van der Waals surface area contributed by atoms with Crippen LogP contribution in [0.3, 0.4) is 0 Å². The Labute approximate surface area is 133 Å². The molecule has 0 bridgehead atoms. The minimum absolute atomic E-state index is 0.341. The van der Waals surface area contributed by atoms with Crippen molar-refractivity contribution < 1.29 is 15.0 Å². The molecule has 0 aliphatic heterocycles. The van der Waals surface area contributed by atoms with Crippen LogP contribution in [0.4, 0.5) is 0 Å². The first-order chi connectivity index (χ1) is 10.1. The molecule has 0 radical (unpaired) electrons. The maximum Gasteiger partial charge on any atom is 0.119 e. The Morgan fingerprint density at radius 2 is 1.43 bits per heavy atom. The summed E-state index contributed by atoms with van der Waals surface area (Å²) in [5.41, 5.74) is 0. The van der Waals surface area contributed by atoms with Gasteiger partial charge in [-0.1, -0.05) is 66.2 Å². The number of carbonyl (C=O) groups is 1. The van der Waals surface area contributed by atoms with Crippen LogP contribution in [-0.2, 0) is 4.79 Å². The lowest BCUT2D eigenvalue weighted by Crippen LogP contribution is -1.98. The van der Waals surface area contributed by atoms with Gasteiger partial charge in [-0.25, -0.2) is 0 Å². The van der Waals surface area contributed by atoms with Crippen LogP contribution < -0.4 is 0 Å². The van der Waals surface area contributed by atoms with E-state index < -0.39 is 0 Å². The van der Waals surface area contributed by atoms with Crippen LogP contribution in [-0.4, -0.2) is 29.7 Å². The molecule has 1 atom stereocenters. The summed E-state index contributed by atoms with van der Waals surface area (Å²) in [6.07, 6.45) is 12.2. The molecule has 0 fully saturated rings. The Bertz CT molecular complexity index is 157. The normalized spacial score (nSPS) is 10.8. The van der Waals surface area contributed by atoms with Crippen molar-refractivity contribution in [1.29, 1.82) is 0 Å². The Balaban J connectivity index is -0.000000231. The molecule has 0 saturated carbocycles. The van der Waals surface area contributed by atoms with Crippen molar-refractivity contribution in [3.05, 3.63) is 0 Å². The van der Waals surface area contributed by atoms with E-state index in [4.69, 9.17) is 10.2 Å². The zero-order valence-electron chi connectivity index (χ0n) is 14.9. The fraction of sp³-hybridized carbons (Fsp3) is 0.944.